The number of nitrogens with zero attached hydrogens (tertiary/aromatic N) is 2. The first kappa shape index (κ1) is 31.9. The summed E-state index contributed by atoms with van der Waals surface area (Å²) in [6.45, 7) is 1.08. The number of nitrogens with two attached hydrogens (primary N) is 1. The van der Waals surface area contributed by atoms with Crippen molar-refractivity contribution in [2.75, 3.05) is 32.8 Å². The fourth-order valence-electron chi connectivity index (χ4n) is 5.39. The van der Waals surface area contributed by atoms with Crippen LogP contribution in [0.2, 0.25) is 0 Å². The number of piperazine rings is 1. The standard InChI is InChI=1S/C32H31F6N5O2/c33-31(34,35)24-14-22(15-25(17-24)32(36,37)38)30(44)43-12-11-42(20-29(41-45-13-10-39)21-6-2-1-3-7-21)19-26(43)16-23-18-40-28-9-5-4-8-27(23)28/h1-9,14-15,17-18,20,26,40-41H,10-13,16,19,39H2/t26-/m1/s1. The Morgan fingerprint density at radius 2 is 1.60 bits per heavy atom. The first-order chi connectivity index (χ1) is 21.4. The first-order valence-corrected chi connectivity index (χ1v) is 14.2. The number of fused-ring (bicyclic) bond motifs is 1. The van der Waals surface area contributed by atoms with Crippen molar-refractivity contribution in [1.82, 2.24) is 20.3 Å². The van der Waals surface area contributed by atoms with Gasteiger partial charge >= 0.3 is 12.4 Å². The number of H-pyrrole nitrogens is 1. The van der Waals surface area contributed by atoms with E-state index in [2.05, 4.69) is 10.5 Å². The van der Waals surface area contributed by atoms with Crippen LogP contribution in [0.5, 0.6) is 0 Å². The topological polar surface area (TPSA) is 86.6 Å². The van der Waals surface area contributed by atoms with Crippen molar-refractivity contribution in [3.05, 3.63) is 113 Å². The van der Waals surface area contributed by atoms with Crippen LogP contribution in [0, 0.1) is 0 Å². The molecule has 0 spiro atoms. The summed E-state index contributed by atoms with van der Waals surface area (Å²) in [6.07, 6.45) is -6.23. The van der Waals surface area contributed by atoms with Gasteiger partial charge in [-0.1, -0.05) is 48.5 Å². The molecule has 1 amide bonds. The van der Waals surface area contributed by atoms with Crippen LogP contribution in [-0.2, 0) is 23.6 Å². The van der Waals surface area contributed by atoms with Gasteiger partial charge in [0.05, 0.1) is 29.5 Å². The summed E-state index contributed by atoms with van der Waals surface area (Å²) in [5.74, 6) is -0.909. The molecule has 0 aliphatic carbocycles. The van der Waals surface area contributed by atoms with E-state index in [4.69, 9.17) is 10.6 Å². The maximum atomic E-state index is 13.8. The van der Waals surface area contributed by atoms with E-state index >= 15 is 0 Å². The summed E-state index contributed by atoms with van der Waals surface area (Å²) in [5, 5.41) is 0.901. The highest BCUT2D eigenvalue weighted by Crippen LogP contribution is 2.37. The van der Waals surface area contributed by atoms with Gasteiger partial charge < -0.3 is 20.5 Å². The molecule has 5 rings (SSSR count). The molecule has 13 heteroatoms. The summed E-state index contributed by atoms with van der Waals surface area (Å²) in [5.41, 5.74) is 7.86. The third-order valence-electron chi connectivity index (χ3n) is 7.54. The van der Waals surface area contributed by atoms with E-state index in [0.717, 1.165) is 22.0 Å². The number of aromatic nitrogens is 1. The number of hydrogen-bond acceptors (Lipinski definition) is 5. The lowest BCUT2D eigenvalue weighted by atomic mass is 9.98. The number of carbonyl (C=O) groups is 1. The van der Waals surface area contributed by atoms with Gasteiger partial charge in [0.25, 0.3) is 5.91 Å². The highest BCUT2D eigenvalue weighted by molar-refractivity contribution is 5.95. The number of amides is 1. The van der Waals surface area contributed by atoms with E-state index in [-0.39, 0.29) is 38.9 Å². The van der Waals surface area contributed by atoms with E-state index in [1.54, 1.807) is 6.20 Å². The lowest BCUT2D eigenvalue weighted by Gasteiger charge is -2.41. The van der Waals surface area contributed by atoms with Gasteiger partial charge in [0.1, 0.15) is 0 Å². The second kappa shape index (κ2) is 13.2. The Kier molecular flexibility index (Phi) is 9.40. The zero-order valence-electron chi connectivity index (χ0n) is 24.0. The maximum absolute atomic E-state index is 13.8. The molecule has 4 N–H and O–H groups in total. The first-order valence-electron chi connectivity index (χ1n) is 14.2. The van der Waals surface area contributed by atoms with Crippen molar-refractivity contribution < 1.29 is 36.0 Å². The molecule has 3 aromatic carbocycles. The zero-order valence-corrected chi connectivity index (χ0v) is 24.0. The molecule has 4 aromatic rings. The molecular formula is C32H31F6N5O2. The molecule has 0 unspecified atom stereocenters. The largest absolute Gasteiger partial charge is 0.416 e. The quantitative estimate of drug-likeness (QED) is 0.119. The minimum Gasteiger partial charge on any atom is -0.372 e. The Labute approximate surface area is 255 Å². The Balaban J connectivity index is 1.50. The SMILES string of the molecule is NCCONC(=CN1CCN(C(=O)c2cc(C(F)(F)F)cc(C(F)(F)F)c2)[C@H](Cc2c[nH]c3ccccc23)C1)c1ccccc1. The van der Waals surface area contributed by atoms with Crippen molar-refractivity contribution in [3.63, 3.8) is 0 Å². The second-order valence-electron chi connectivity index (χ2n) is 10.7. The molecule has 238 valence electrons. The number of alkyl halides is 6. The van der Waals surface area contributed by atoms with Crippen molar-refractivity contribution >= 4 is 22.5 Å². The van der Waals surface area contributed by atoms with Crippen LogP contribution in [0.25, 0.3) is 16.6 Å². The molecule has 1 aliphatic rings. The molecule has 0 saturated carbocycles. The predicted molar refractivity (Wildman–Crippen MR) is 157 cm³/mol. The highest BCUT2D eigenvalue weighted by Gasteiger charge is 2.39. The van der Waals surface area contributed by atoms with Gasteiger partial charge in [0.2, 0.25) is 0 Å². The van der Waals surface area contributed by atoms with E-state index in [9.17, 15) is 31.1 Å². The Bertz CT molecular complexity index is 1620. The molecule has 1 aromatic heterocycles. The maximum Gasteiger partial charge on any atom is 0.416 e. The molecule has 1 saturated heterocycles. The molecule has 0 bridgehead atoms. The number of hydroxylamine groups is 1. The molecule has 1 atom stereocenters. The van der Waals surface area contributed by atoms with Crippen LogP contribution in [0.3, 0.4) is 0 Å². The van der Waals surface area contributed by atoms with Crippen molar-refractivity contribution in [1.29, 1.82) is 0 Å². The number of rotatable bonds is 9. The highest BCUT2D eigenvalue weighted by atomic mass is 19.4. The second-order valence-corrected chi connectivity index (χ2v) is 10.7. The van der Waals surface area contributed by atoms with Crippen LogP contribution in [-0.4, -0.2) is 59.5 Å². The number of halogens is 6. The van der Waals surface area contributed by atoms with E-state index in [0.29, 0.717) is 24.3 Å². The van der Waals surface area contributed by atoms with Crippen LogP contribution in [0.1, 0.15) is 32.6 Å². The molecule has 1 fully saturated rings. The van der Waals surface area contributed by atoms with E-state index < -0.39 is 41.0 Å². The van der Waals surface area contributed by atoms with Gasteiger partial charge in [-0.2, -0.15) is 26.3 Å². The molecule has 0 radical (unpaired) electrons. The number of para-hydroxylation sites is 1. The number of hydrogen-bond donors (Lipinski definition) is 3. The smallest absolute Gasteiger partial charge is 0.372 e. The fraction of sp³-hybridized carbons (Fsp3) is 0.281. The van der Waals surface area contributed by atoms with E-state index in [1.807, 2.05) is 65.7 Å². The molecule has 45 heavy (non-hydrogen) atoms. The molecule has 7 nitrogen and oxygen atoms in total. The van der Waals surface area contributed by atoms with Crippen LogP contribution in [0.15, 0.2) is 85.2 Å². The summed E-state index contributed by atoms with van der Waals surface area (Å²) >= 11 is 0. The third-order valence-corrected chi connectivity index (χ3v) is 7.54. The normalized spacial score (nSPS) is 16.3. The van der Waals surface area contributed by atoms with E-state index in [1.165, 1.54) is 4.90 Å². The van der Waals surface area contributed by atoms with Gasteiger partial charge in [0.15, 0.2) is 0 Å². The van der Waals surface area contributed by atoms with Crippen molar-refractivity contribution in [2.24, 2.45) is 5.73 Å². The average Bonchev–Trinajstić information content (AvgIpc) is 3.42. The third kappa shape index (κ3) is 7.60. The van der Waals surface area contributed by atoms with Crippen LogP contribution in [0.4, 0.5) is 26.3 Å². The number of carbonyl (C=O) groups excluding carboxylic acids is 1. The van der Waals surface area contributed by atoms with Gasteiger partial charge in [-0.05, 0) is 36.2 Å². The van der Waals surface area contributed by atoms with Crippen molar-refractivity contribution in [2.45, 2.75) is 24.8 Å². The molecule has 2 heterocycles. The minimum atomic E-state index is -5.07. The fourth-order valence-corrected chi connectivity index (χ4v) is 5.39. The summed E-state index contributed by atoms with van der Waals surface area (Å²) in [4.78, 5) is 25.7. The Morgan fingerprint density at radius 1 is 0.933 bits per heavy atom. The van der Waals surface area contributed by atoms with Gasteiger partial charge in [0, 0.05) is 60.6 Å². The number of nitrogens with one attached hydrogen (secondary N) is 2. The lowest BCUT2D eigenvalue weighted by Crippen LogP contribution is -2.54. The zero-order chi connectivity index (χ0) is 32.2. The number of benzene rings is 3. The van der Waals surface area contributed by atoms with Crippen molar-refractivity contribution in [3.8, 4) is 0 Å². The summed E-state index contributed by atoms with van der Waals surface area (Å²) < 4.78 is 81.7. The molecular weight excluding hydrogens is 600 g/mol. The van der Waals surface area contributed by atoms with Gasteiger partial charge in [-0.3, -0.25) is 15.1 Å². The summed E-state index contributed by atoms with van der Waals surface area (Å²) in [7, 11) is 0. The van der Waals surface area contributed by atoms with Crippen LogP contribution < -0.4 is 11.2 Å². The Morgan fingerprint density at radius 3 is 2.27 bits per heavy atom. The Hall–Kier alpha value is -4.49. The predicted octanol–water partition coefficient (Wildman–Crippen LogP) is 6.05. The number of aromatic amines is 1. The minimum absolute atomic E-state index is 0.0216. The molecule has 1 aliphatic heterocycles. The van der Waals surface area contributed by atoms with Gasteiger partial charge in [-0.25, -0.2) is 0 Å². The monoisotopic (exact) mass is 631 g/mol. The average molecular weight is 632 g/mol. The lowest BCUT2D eigenvalue weighted by molar-refractivity contribution is -0.143. The van der Waals surface area contributed by atoms with Gasteiger partial charge in [-0.15, -0.1) is 0 Å². The van der Waals surface area contributed by atoms with Crippen LogP contribution >= 0.6 is 0 Å². The summed E-state index contributed by atoms with van der Waals surface area (Å²) in [6, 6.07) is 17.2.